The molecule has 0 aromatic heterocycles. The number of hydrogen-bond acceptors (Lipinski definition) is 3. The van der Waals surface area contributed by atoms with Crippen molar-refractivity contribution in [1.82, 2.24) is 15.5 Å². The van der Waals surface area contributed by atoms with Gasteiger partial charge < -0.3 is 10.6 Å². The van der Waals surface area contributed by atoms with Gasteiger partial charge in [-0.2, -0.15) is 13.2 Å². The number of halogens is 3. The zero-order chi connectivity index (χ0) is 19.3. The van der Waals surface area contributed by atoms with Crippen LogP contribution in [0.1, 0.15) is 24.0 Å². The van der Waals surface area contributed by atoms with Crippen molar-refractivity contribution >= 4 is 11.8 Å². The second-order valence-corrected chi connectivity index (χ2v) is 6.23. The third-order valence-corrected chi connectivity index (χ3v) is 4.46. The summed E-state index contributed by atoms with van der Waals surface area (Å²) in [5.41, 5.74) is -0.00423. The van der Waals surface area contributed by atoms with Crippen molar-refractivity contribution in [3.63, 3.8) is 0 Å². The smallest absolute Gasteiger partial charge is 0.358 e. The summed E-state index contributed by atoms with van der Waals surface area (Å²) in [7, 11) is 1.53. The molecule has 1 aliphatic heterocycles. The number of alkyl halides is 3. The molecule has 142 valence electrons. The maximum absolute atomic E-state index is 12.7. The van der Waals surface area contributed by atoms with Crippen LogP contribution in [0.25, 0.3) is 0 Å². The molecule has 8 heteroatoms. The lowest BCUT2D eigenvalue weighted by Crippen LogP contribution is -2.54. The summed E-state index contributed by atoms with van der Waals surface area (Å²) in [6.45, 7) is 4.31. The number of benzene rings is 1. The van der Waals surface area contributed by atoms with E-state index in [0.29, 0.717) is 31.5 Å². The molecule has 1 heterocycles. The highest BCUT2D eigenvalue weighted by Gasteiger charge is 2.34. The number of likely N-dealkylation sites (N-methyl/N-ethyl adjacent to an activating group) is 1. The van der Waals surface area contributed by atoms with Crippen molar-refractivity contribution in [2.75, 3.05) is 13.6 Å². The Morgan fingerprint density at radius 3 is 2.50 bits per heavy atom. The minimum atomic E-state index is -4.37. The number of nitrogens with zero attached hydrogens (tertiary/aromatic N) is 1. The van der Waals surface area contributed by atoms with E-state index >= 15 is 0 Å². The zero-order valence-electron chi connectivity index (χ0n) is 14.5. The summed E-state index contributed by atoms with van der Waals surface area (Å²) in [6.07, 6.45) is -2.11. The normalized spacial score (nSPS) is 21.1. The number of likely N-dealkylation sites (tertiary alicyclic amines) is 1. The molecule has 2 N–H and O–H groups in total. The topological polar surface area (TPSA) is 61.4 Å². The van der Waals surface area contributed by atoms with Crippen LogP contribution in [-0.2, 0) is 22.3 Å². The van der Waals surface area contributed by atoms with Gasteiger partial charge in [0, 0.05) is 26.2 Å². The van der Waals surface area contributed by atoms with Gasteiger partial charge in [0.25, 0.3) is 0 Å². The Labute approximate surface area is 150 Å². The predicted molar refractivity (Wildman–Crippen MR) is 91.1 cm³/mol. The highest BCUT2D eigenvalue weighted by molar-refractivity contribution is 5.87. The highest BCUT2D eigenvalue weighted by atomic mass is 19.4. The monoisotopic (exact) mass is 369 g/mol. The first kappa shape index (κ1) is 20.0. The summed E-state index contributed by atoms with van der Waals surface area (Å²) >= 11 is 0. The van der Waals surface area contributed by atoms with Crippen LogP contribution in [0.15, 0.2) is 36.9 Å². The molecule has 5 nitrogen and oxygen atoms in total. The van der Waals surface area contributed by atoms with Gasteiger partial charge in [0.2, 0.25) is 11.8 Å². The lowest BCUT2D eigenvalue weighted by molar-refractivity contribution is -0.137. The molecule has 0 radical (unpaired) electrons. The molecule has 2 rings (SSSR count). The summed E-state index contributed by atoms with van der Waals surface area (Å²) in [5.74, 6) is -0.476. The molecule has 1 saturated heterocycles. The van der Waals surface area contributed by atoms with Gasteiger partial charge >= 0.3 is 6.18 Å². The van der Waals surface area contributed by atoms with Crippen molar-refractivity contribution in [3.05, 3.63) is 48.0 Å². The van der Waals surface area contributed by atoms with Gasteiger partial charge in [0.1, 0.15) is 0 Å². The first-order chi connectivity index (χ1) is 12.2. The van der Waals surface area contributed by atoms with Crippen LogP contribution in [0.3, 0.4) is 0 Å². The lowest BCUT2D eigenvalue weighted by atomic mass is 9.95. The van der Waals surface area contributed by atoms with Crippen molar-refractivity contribution in [1.29, 1.82) is 0 Å². The third kappa shape index (κ3) is 5.08. The van der Waals surface area contributed by atoms with Gasteiger partial charge in [-0.25, -0.2) is 0 Å². The molecule has 0 unspecified atom stereocenters. The van der Waals surface area contributed by atoms with Gasteiger partial charge in [-0.3, -0.25) is 14.5 Å². The second-order valence-electron chi connectivity index (χ2n) is 6.23. The van der Waals surface area contributed by atoms with Gasteiger partial charge in [-0.15, -0.1) is 0 Å². The second kappa shape index (κ2) is 8.35. The first-order valence-electron chi connectivity index (χ1n) is 8.29. The molecule has 1 aliphatic rings. The maximum atomic E-state index is 12.7. The Hall–Kier alpha value is -2.35. The van der Waals surface area contributed by atoms with Crippen molar-refractivity contribution in [2.45, 2.75) is 37.6 Å². The number of rotatable bonds is 5. The molecular formula is C18H22F3N3O2. The summed E-state index contributed by atoms with van der Waals surface area (Å²) < 4.78 is 38.0. The molecule has 2 atom stereocenters. The fourth-order valence-electron chi connectivity index (χ4n) is 3.07. The van der Waals surface area contributed by atoms with Crippen LogP contribution < -0.4 is 10.6 Å². The Balaban J connectivity index is 2.08. The average molecular weight is 369 g/mol. The van der Waals surface area contributed by atoms with Crippen molar-refractivity contribution < 1.29 is 22.8 Å². The van der Waals surface area contributed by atoms with E-state index in [1.807, 2.05) is 4.90 Å². The molecule has 1 aromatic rings. The van der Waals surface area contributed by atoms with E-state index < -0.39 is 17.8 Å². The van der Waals surface area contributed by atoms with Crippen LogP contribution in [0.5, 0.6) is 0 Å². The molecule has 26 heavy (non-hydrogen) atoms. The van der Waals surface area contributed by atoms with Crippen LogP contribution in [0.4, 0.5) is 13.2 Å². The van der Waals surface area contributed by atoms with E-state index in [2.05, 4.69) is 17.2 Å². The van der Waals surface area contributed by atoms with E-state index in [0.717, 1.165) is 12.1 Å². The first-order valence-corrected chi connectivity index (χ1v) is 8.29. The van der Waals surface area contributed by atoms with E-state index in [9.17, 15) is 22.8 Å². The third-order valence-electron chi connectivity index (χ3n) is 4.46. The minimum Gasteiger partial charge on any atom is -0.358 e. The zero-order valence-corrected chi connectivity index (χ0v) is 14.5. The Kier molecular flexibility index (Phi) is 6.42. The maximum Gasteiger partial charge on any atom is 0.416 e. The van der Waals surface area contributed by atoms with Crippen LogP contribution in [0.2, 0.25) is 0 Å². The van der Waals surface area contributed by atoms with Gasteiger partial charge in [0.15, 0.2) is 0 Å². The molecule has 1 aromatic carbocycles. The molecule has 0 aliphatic carbocycles. The number of amides is 2. The van der Waals surface area contributed by atoms with Crippen LogP contribution in [-0.4, -0.2) is 42.4 Å². The number of hydrogen-bond donors (Lipinski definition) is 2. The molecular weight excluding hydrogens is 347 g/mol. The van der Waals surface area contributed by atoms with Crippen LogP contribution >= 0.6 is 0 Å². The lowest BCUT2D eigenvalue weighted by Gasteiger charge is -2.38. The molecule has 1 fully saturated rings. The Bertz CT molecular complexity index is 659. The summed E-state index contributed by atoms with van der Waals surface area (Å²) in [4.78, 5) is 25.6. The molecule has 0 spiro atoms. The summed E-state index contributed by atoms with van der Waals surface area (Å²) in [5, 5.41) is 5.40. The Morgan fingerprint density at radius 1 is 1.31 bits per heavy atom. The van der Waals surface area contributed by atoms with Crippen molar-refractivity contribution in [3.8, 4) is 0 Å². The van der Waals surface area contributed by atoms with E-state index in [-0.39, 0.29) is 17.9 Å². The molecule has 0 saturated carbocycles. The summed E-state index contributed by atoms with van der Waals surface area (Å²) in [6, 6.07) is 4.32. The number of piperidine rings is 1. The van der Waals surface area contributed by atoms with E-state index in [1.165, 1.54) is 25.3 Å². The molecule has 2 amide bonds. The number of nitrogens with one attached hydrogen (secondary N) is 2. The van der Waals surface area contributed by atoms with E-state index in [1.54, 1.807) is 0 Å². The van der Waals surface area contributed by atoms with E-state index in [4.69, 9.17) is 0 Å². The standard InChI is InChI=1S/C18H22F3N3O2/c1-3-16(25)23-14-8-9-24(15(10-14)17(26)22-2)11-12-4-6-13(7-5-12)18(19,20)21/h3-7,14-15H,1,8-11H2,2H3,(H,22,26)(H,23,25)/t14-,15-/m0/s1. The fraction of sp³-hybridized carbons (Fsp3) is 0.444. The quantitative estimate of drug-likeness (QED) is 0.782. The fourth-order valence-corrected chi connectivity index (χ4v) is 3.07. The van der Waals surface area contributed by atoms with Gasteiger partial charge in [-0.1, -0.05) is 18.7 Å². The molecule has 0 bridgehead atoms. The Morgan fingerprint density at radius 2 is 1.96 bits per heavy atom. The minimum absolute atomic E-state index is 0.147. The largest absolute Gasteiger partial charge is 0.416 e. The van der Waals surface area contributed by atoms with Crippen LogP contribution in [0, 0.1) is 0 Å². The number of carbonyl (C=O) groups is 2. The van der Waals surface area contributed by atoms with Gasteiger partial charge in [-0.05, 0) is 36.6 Å². The predicted octanol–water partition coefficient (Wildman–Crippen LogP) is 2.09. The highest BCUT2D eigenvalue weighted by Crippen LogP contribution is 2.29. The number of carbonyl (C=O) groups excluding carboxylic acids is 2. The average Bonchev–Trinajstić information content (AvgIpc) is 2.61. The van der Waals surface area contributed by atoms with Gasteiger partial charge in [0.05, 0.1) is 11.6 Å². The SMILES string of the molecule is C=CC(=O)N[C@H]1CCN(Cc2ccc(C(F)(F)F)cc2)[C@H](C(=O)NC)C1. The van der Waals surface area contributed by atoms with Crippen molar-refractivity contribution in [2.24, 2.45) is 0 Å².